The second kappa shape index (κ2) is 5.26. The maximum absolute atomic E-state index is 11.4. The molecule has 0 saturated heterocycles. The molecule has 0 aliphatic heterocycles. The van der Waals surface area contributed by atoms with Crippen molar-refractivity contribution in [1.82, 2.24) is 9.78 Å². The molecule has 0 radical (unpaired) electrons. The second-order valence-electron chi connectivity index (χ2n) is 3.56. The molecule has 0 amide bonds. The number of rotatable bonds is 5. The van der Waals surface area contributed by atoms with Crippen LogP contribution < -0.4 is 5.73 Å². The van der Waals surface area contributed by atoms with E-state index in [1.54, 1.807) is 4.68 Å². The zero-order valence-electron chi connectivity index (χ0n) is 8.64. The summed E-state index contributed by atoms with van der Waals surface area (Å²) >= 11 is 0. The van der Waals surface area contributed by atoms with E-state index in [0.29, 0.717) is 11.5 Å². The van der Waals surface area contributed by atoms with Crippen LogP contribution in [0.3, 0.4) is 0 Å². The van der Waals surface area contributed by atoms with Crippen molar-refractivity contribution in [2.24, 2.45) is 12.8 Å². The van der Waals surface area contributed by atoms with Gasteiger partial charge in [-0.2, -0.15) is 5.10 Å². The first kappa shape index (κ1) is 11.4. The molecule has 1 rings (SSSR count). The molecule has 2 unspecified atom stereocenters. The largest absolute Gasteiger partial charge is 0.327 e. The van der Waals surface area contributed by atoms with Crippen molar-refractivity contribution in [3.05, 3.63) is 18.0 Å². The summed E-state index contributed by atoms with van der Waals surface area (Å²) < 4.78 is 13.2. The summed E-state index contributed by atoms with van der Waals surface area (Å²) in [5.74, 6) is 1.26. The summed E-state index contributed by atoms with van der Waals surface area (Å²) in [6.07, 6.45) is 4.57. The maximum atomic E-state index is 11.4. The van der Waals surface area contributed by atoms with E-state index in [1.165, 1.54) is 0 Å². The molecule has 0 fully saturated rings. The van der Waals surface area contributed by atoms with Gasteiger partial charge in [-0.1, -0.05) is 0 Å². The van der Waals surface area contributed by atoms with E-state index < -0.39 is 10.8 Å². The molecule has 1 aromatic heterocycles. The van der Waals surface area contributed by atoms with Gasteiger partial charge in [-0.05, 0) is 18.9 Å². The van der Waals surface area contributed by atoms with Crippen molar-refractivity contribution in [3.8, 4) is 0 Å². The average molecular weight is 215 g/mol. The standard InChI is InChI=1S/C9H17N3OS/c1-8(10)7-14(13)4-3-9-5-11-12(2)6-9/h5-6,8H,3-4,7,10H2,1-2H3. The normalized spacial score (nSPS) is 15.4. The van der Waals surface area contributed by atoms with E-state index in [-0.39, 0.29) is 6.04 Å². The van der Waals surface area contributed by atoms with Crippen LogP contribution >= 0.6 is 0 Å². The van der Waals surface area contributed by atoms with Gasteiger partial charge in [-0.15, -0.1) is 0 Å². The third-order valence-electron chi connectivity index (χ3n) is 1.83. The predicted octanol–water partition coefficient (Wildman–Crippen LogP) is 0.0585. The van der Waals surface area contributed by atoms with Crippen LogP contribution in [0.5, 0.6) is 0 Å². The van der Waals surface area contributed by atoms with Crippen LogP contribution in [0.1, 0.15) is 12.5 Å². The van der Waals surface area contributed by atoms with Gasteiger partial charge < -0.3 is 5.73 Å². The molecular formula is C9H17N3OS. The minimum atomic E-state index is -0.803. The quantitative estimate of drug-likeness (QED) is 0.755. The molecule has 2 N–H and O–H groups in total. The predicted molar refractivity (Wildman–Crippen MR) is 58.4 cm³/mol. The van der Waals surface area contributed by atoms with Crippen LogP contribution in [-0.2, 0) is 24.3 Å². The first-order valence-corrected chi connectivity index (χ1v) is 6.15. The van der Waals surface area contributed by atoms with Gasteiger partial charge in [0.25, 0.3) is 0 Å². The van der Waals surface area contributed by atoms with E-state index in [4.69, 9.17) is 5.73 Å². The smallest absolute Gasteiger partial charge is 0.0521 e. The van der Waals surface area contributed by atoms with Crippen molar-refractivity contribution < 1.29 is 4.21 Å². The van der Waals surface area contributed by atoms with Crippen molar-refractivity contribution >= 4 is 10.8 Å². The first-order valence-electron chi connectivity index (χ1n) is 4.66. The van der Waals surface area contributed by atoms with Gasteiger partial charge in [0.15, 0.2) is 0 Å². The zero-order chi connectivity index (χ0) is 10.6. The highest BCUT2D eigenvalue weighted by atomic mass is 32.2. The molecular weight excluding hydrogens is 198 g/mol. The minimum Gasteiger partial charge on any atom is -0.327 e. The Morgan fingerprint density at radius 2 is 2.43 bits per heavy atom. The Morgan fingerprint density at radius 1 is 1.71 bits per heavy atom. The van der Waals surface area contributed by atoms with Gasteiger partial charge in [-0.25, -0.2) is 0 Å². The molecule has 0 aliphatic carbocycles. The highest BCUT2D eigenvalue weighted by Crippen LogP contribution is 1.99. The Hall–Kier alpha value is -0.680. The fraction of sp³-hybridized carbons (Fsp3) is 0.667. The summed E-state index contributed by atoms with van der Waals surface area (Å²) in [4.78, 5) is 0. The summed E-state index contributed by atoms with van der Waals surface area (Å²) in [6.45, 7) is 1.88. The van der Waals surface area contributed by atoms with Crippen LogP contribution in [-0.4, -0.2) is 31.5 Å². The van der Waals surface area contributed by atoms with E-state index in [9.17, 15) is 4.21 Å². The highest BCUT2D eigenvalue weighted by molar-refractivity contribution is 7.85. The average Bonchev–Trinajstić information content (AvgIpc) is 2.47. The van der Waals surface area contributed by atoms with Crippen molar-refractivity contribution in [2.75, 3.05) is 11.5 Å². The fourth-order valence-electron chi connectivity index (χ4n) is 1.21. The summed E-state index contributed by atoms with van der Waals surface area (Å²) in [6, 6.07) is 0.0183. The number of aryl methyl sites for hydroxylation is 2. The minimum absolute atomic E-state index is 0.0183. The number of nitrogens with two attached hydrogens (primary N) is 1. The number of hydrogen-bond acceptors (Lipinski definition) is 3. The molecule has 0 aliphatic rings. The molecule has 0 spiro atoms. The monoisotopic (exact) mass is 215 g/mol. The molecule has 5 heteroatoms. The van der Waals surface area contributed by atoms with Crippen LogP contribution in [0.25, 0.3) is 0 Å². The summed E-state index contributed by atoms with van der Waals surface area (Å²) in [7, 11) is 1.07. The lowest BCUT2D eigenvalue weighted by Crippen LogP contribution is -2.24. The number of aromatic nitrogens is 2. The summed E-state index contributed by atoms with van der Waals surface area (Å²) in [5, 5.41) is 4.05. The van der Waals surface area contributed by atoms with E-state index in [2.05, 4.69) is 5.10 Å². The van der Waals surface area contributed by atoms with E-state index >= 15 is 0 Å². The molecule has 0 saturated carbocycles. The van der Waals surface area contributed by atoms with Crippen molar-refractivity contribution in [1.29, 1.82) is 0 Å². The molecule has 4 nitrogen and oxygen atoms in total. The van der Waals surface area contributed by atoms with Crippen LogP contribution in [0, 0.1) is 0 Å². The number of hydrogen-bond donors (Lipinski definition) is 1. The Labute approximate surface area is 86.9 Å². The lowest BCUT2D eigenvalue weighted by atomic mass is 10.3. The highest BCUT2D eigenvalue weighted by Gasteiger charge is 2.04. The first-order chi connectivity index (χ1) is 6.58. The summed E-state index contributed by atoms with van der Waals surface area (Å²) in [5.41, 5.74) is 6.69. The molecule has 1 aromatic rings. The molecule has 2 atom stereocenters. The van der Waals surface area contributed by atoms with Gasteiger partial charge in [0.1, 0.15) is 0 Å². The Morgan fingerprint density at radius 3 is 2.93 bits per heavy atom. The fourth-order valence-corrected chi connectivity index (χ4v) is 2.43. The van der Waals surface area contributed by atoms with Crippen LogP contribution in [0.4, 0.5) is 0 Å². The second-order valence-corrected chi connectivity index (χ2v) is 5.18. The van der Waals surface area contributed by atoms with Crippen LogP contribution in [0.15, 0.2) is 12.4 Å². The van der Waals surface area contributed by atoms with Gasteiger partial charge in [0.2, 0.25) is 0 Å². The third kappa shape index (κ3) is 4.02. The van der Waals surface area contributed by atoms with Crippen molar-refractivity contribution in [3.63, 3.8) is 0 Å². The zero-order valence-corrected chi connectivity index (χ0v) is 9.46. The lowest BCUT2D eigenvalue weighted by Gasteiger charge is -2.03. The Balaban J connectivity index is 2.30. The molecule has 0 bridgehead atoms. The maximum Gasteiger partial charge on any atom is 0.0521 e. The molecule has 80 valence electrons. The molecule has 0 aromatic carbocycles. The number of nitrogens with zero attached hydrogens (tertiary/aromatic N) is 2. The van der Waals surface area contributed by atoms with Gasteiger partial charge in [-0.3, -0.25) is 8.89 Å². The molecule has 1 heterocycles. The van der Waals surface area contributed by atoms with E-state index in [1.807, 2.05) is 26.4 Å². The Kier molecular flexibility index (Phi) is 4.28. The SMILES string of the molecule is CC(N)CS(=O)CCc1cnn(C)c1. The van der Waals surface area contributed by atoms with Crippen LogP contribution in [0.2, 0.25) is 0 Å². The lowest BCUT2D eigenvalue weighted by molar-refractivity contribution is 0.676. The van der Waals surface area contributed by atoms with E-state index in [0.717, 1.165) is 12.0 Å². The van der Waals surface area contributed by atoms with Gasteiger partial charge in [0.05, 0.1) is 6.20 Å². The topological polar surface area (TPSA) is 60.9 Å². The third-order valence-corrected chi connectivity index (χ3v) is 3.38. The van der Waals surface area contributed by atoms with Gasteiger partial charge >= 0.3 is 0 Å². The molecule has 14 heavy (non-hydrogen) atoms. The Bertz CT molecular complexity index is 309. The van der Waals surface area contributed by atoms with Gasteiger partial charge in [0, 0.05) is 41.6 Å². The van der Waals surface area contributed by atoms with Crippen molar-refractivity contribution in [2.45, 2.75) is 19.4 Å².